The van der Waals surface area contributed by atoms with Crippen molar-refractivity contribution in [1.29, 1.82) is 5.26 Å². The second-order valence-electron chi connectivity index (χ2n) is 4.13. The van der Waals surface area contributed by atoms with Crippen LogP contribution in [0.3, 0.4) is 0 Å². The van der Waals surface area contributed by atoms with E-state index in [1.165, 1.54) is 18.0 Å². The van der Waals surface area contributed by atoms with E-state index < -0.39 is 9.84 Å². The zero-order valence-corrected chi connectivity index (χ0v) is 11.5. The Labute approximate surface area is 107 Å². The minimum Gasteiger partial charge on any atom is -0.224 e. The van der Waals surface area contributed by atoms with Crippen molar-refractivity contribution in [1.82, 2.24) is 0 Å². The lowest BCUT2D eigenvalue weighted by Gasteiger charge is -2.09. The summed E-state index contributed by atoms with van der Waals surface area (Å²) in [5, 5.41) is 10.5. The molecule has 0 spiro atoms. The van der Waals surface area contributed by atoms with Crippen LogP contribution >= 0.6 is 11.8 Å². The van der Waals surface area contributed by atoms with E-state index in [4.69, 9.17) is 5.26 Å². The average Bonchev–Trinajstić information content (AvgIpc) is 2.26. The maximum Gasteiger partial charge on any atom is 0.175 e. The molecule has 0 amide bonds. The van der Waals surface area contributed by atoms with Gasteiger partial charge in [0.05, 0.1) is 4.90 Å². The Bertz CT molecular complexity index is 500. The molecule has 17 heavy (non-hydrogen) atoms. The molecule has 0 bridgehead atoms. The Morgan fingerprint density at radius 2 is 1.94 bits per heavy atom. The van der Waals surface area contributed by atoms with Gasteiger partial charge >= 0.3 is 0 Å². The quantitative estimate of drug-likeness (QED) is 0.771. The topological polar surface area (TPSA) is 57.9 Å². The molecule has 0 fully saturated rings. The third-order valence-corrected chi connectivity index (χ3v) is 4.36. The average molecular weight is 269 g/mol. The first kappa shape index (κ1) is 14.1. The highest BCUT2D eigenvalue weighted by Crippen LogP contribution is 2.16. The molecule has 0 aliphatic heterocycles. The minimum absolute atomic E-state index is 0.348. The third kappa shape index (κ3) is 4.80. The van der Waals surface area contributed by atoms with Crippen LogP contribution in [0.2, 0.25) is 0 Å². The van der Waals surface area contributed by atoms with Crippen LogP contribution in [0.1, 0.15) is 12.5 Å². The minimum atomic E-state index is -3.11. The van der Waals surface area contributed by atoms with Crippen molar-refractivity contribution in [2.45, 2.75) is 18.2 Å². The summed E-state index contributed by atoms with van der Waals surface area (Å²) in [7, 11) is -3.11. The monoisotopic (exact) mass is 269 g/mol. The van der Waals surface area contributed by atoms with E-state index in [0.29, 0.717) is 10.8 Å². The van der Waals surface area contributed by atoms with Crippen LogP contribution in [0.4, 0.5) is 0 Å². The van der Waals surface area contributed by atoms with E-state index in [0.717, 1.165) is 17.7 Å². The van der Waals surface area contributed by atoms with Crippen LogP contribution in [0.15, 0.2) is 29.2 Å². The fourth-order valence-electron chi connectivity index (χ4n) is 1.51. The largest absolute Gasteiger partial charge is 0.224 e. The summed E-state index contributed by atoms with van der Waals surface area (Å²) in [6, 6.07) is 6.94. The van der Waals surface area contributed by atoms with Crippen LogP contribution in [-0.4, -0.2) is 20.4 Å². The summed E-state index contributed by atoms with van der Waals surface area (Å²) in [5.74, 6) is 1.20. The third-order valence-electron chi connectivity index (χ3n) is 2.37. The molecular weight excluding hydrogens is 254 g/mol. The normalized spacial score (nSPS) is 13.0. The fourth-order valence-corrected chi connectivity index (χ4v) is 2.62. The SMILES string of the molecule is CC(CSC#N)Cc1ccc(S(C)(=O)=O)cc1. The van der Waals surface area contributed by atoms with Gasteiger partial charge in [0, 0.05) is 12.0 Å². The Kier molecular flexibility index (Phi) is 5.03. The Balaban J connectivity index is 2.66. The van der Waals surface area contributed by atoms with Gasteiger partial charge in [-0.05, 0) is 41.8 Å². The summed E-state index contributed by atoms with van der Waals surface area (Å²) in [6.07, 6.45) is 2.06. The lowest BCUT2D eigenvalue weighted by Crippen LogP contribution is -2.03. The van der Waals surface area contributed by atoms with Gasteiger partial charge in [-0.15, -0.1) is 0 Å². The van der Waals surface area contributed by atoms with Gasteiger partial charge < -0.3 is 0 Å². The summed E-state index contributed by atoms with van der Waals surface area (Å²) >= 11 is 1.25. The molecule has 0 saturated heterocycles. The van der Waals surface area contributed by atoms with Gasteiger partial charge in [0.1, 0.15) is 5.40 Å². The van der Waals surface area contributed by atoms with Crippen LogP contribution < -0.4 is 0 Å². The number of thioether (sulfide) groups is 1. The van der Waals surface area contributed by atoms with E-state index in [9.17, 15) is 8.42 Å². The first-order valence-electron chi connectivity index (χ1n) is 5.23. The number of hydrogen-bond donors (Lipinski definition) is 0. The van der Waals surface area contributed by atoms with Crippen molar-refractivity contribution in [3.05, 3.63) is 29.8 Å². The first-order chi connectivity index (χ1) is 7.93. The summed E-state index contributed by atoms with van der Waals surface area (Å²) in [5.41, 5.74) is 1.10. The standard InChI is InChI=1S/C12H15NO2S2/c1-10(8-16-9-13)7-11-3-5-12(6-4-11)17(2,14)15/h3-6,10H,7-8H2,1-2H3. The highest BCUT2D eigenvalue weighted by molar-refractivity contribution is 8.03. The van der Waals surface area contributed by atoms with Crippen molar-refractivity contribution >= 4 is 21.6 Å². The first-order valence-corrected chi connectivity index (χ1v) is 8.11. The smallest absolute Gasteiger partial charge is 0.175 e. The van der Waals surface area contributed by atoms with E-state index in [2.05, 4.69) is 12.3 Å². The maximum absolute atomic E-state index is 11.3. The van der Waals surface area contributed by atoms with Crippen LogP contribution in [0.25, 0.3) is 0 Å². The molecule has 0 aliphatic carbocycles. The molecule has 0 aliphatic rings. The van der Waals surface area contributed by atoms with Crippen LogP contribution in [0.5, 0.6) is 0 Å². The summed E-state index contributed by atoms with van der Waals surface area (Å²) in [6.45, 7) is 2.08. The molecule has 3 nitrogen and oxygen atoms in total. The van der Waals surface area contributed by atoms with Crippen molar-refractivity contribution in [3.8, 4) is 5.40 Å². The molecule has 92 valence electrons. The molecule has 0 N–H and O–H groups in total. The second-order valence-corrected chi connectivity index (χ2v) is 6.95. The molecule has 1 rings (SSSR count). The Hall–Kier alpha value is -0.990. The van der Waals surface area contributed by atoms with Gasteiger partial charge in [-0.2, -0.15) is 5.26 Å². The van der Waals surface area contributed by atoms with E-state index in [1.807, 2.05) is 12.1 Å². The molecule has 0 radical (unpaired) electrons. The fraction of sp³-hybridized carbons (Fsp3) is 0.417. The number of thiocyanates is 1. The molecule has 1 unspecified atom stereocenters. The molecule has 1 aromatic rings. The number of sulfone groups is 1. The summed E-state index contributed by atoms with van der Waals surface area (Å²) < 4.78 is 22.5. The predicted molar refractivity (Wildman–Crippen MR) is 70.5 cm³/mol. The van der Waals surface area contributed by atoms with Crippen molar-refractivity contribution in [2.24, 2.45) is 5.92 Å². The molecule has 1 aromatic carbocycles. The second kappa shape index (κ2) is 6.08. The lowest BCUT2D eigenvalue weighted by atomic mass is 10.0. The van der Waals surface area contributed by atoms with Crippen LogP contribution in [-0.2, 0) is 16.3 Å². The van der Waals surface area contributed by atoms with Crippen molar-refractivity contribution < 1.29 is 8.42 Å². The van der Waals surface area contributed by atoms with Gasteiger partial charge in [-0.1, -0.05) is 19.1 Å². The molecule has 0 aromatic heterocycles. The van der Waals surface area contributed by atoms with E-state index in [1.54, 1.807) is 12.1 Å². The molecular formula is C12H15NO2S2. The van der Waals surface area contributed by atoms with Gasteiger partial charge in [-0.3, -0.25) is 0 Å². The van der Waals surface area contributed by atoms with E-state index >= 15 is 0 Å². The number of hydrogen-bond acceptors (Lipinski definition) is 4. The highest BCUT2D eigenvalue weighted by atomic mass is 32.2. The molecule has 5 heteroatoms. The zero-order valence-electron chi connectivity index (χ0n) is 9.88. The molecule has 0 saturated carbocycles. The maximum atomic E-state index is 11.3. The number of rotatable bonds is 5. The molecule has 0 heterocycles. The number of benzene rings is 1. The Morgan fingerprint density at radius 3 is 2.41 bits per heavy atom. The zero-order chi connectivity index (χ0) is 12.9. The molecule has 1 atom stereocenters. The predicted octanol–water partition coefficient (Wildman–Crippen LogP) is 2.48. The summed E-state index contributed by atoms with van der Waals surface area (Å²) in [4.78, 5) is 0.348. The van der Waals surface area contributed by atoms with E-state index in [-0.39, 0.29) is 0 Å². The number of nitriles is 1. The van der Waals surface area contributed by atoms with Crippen molar-refractivity contribution in [3.63, 3.8) is 0 Å². The van der Waals surface area contributed by atoms with Gasteiger partial charge in [0.15, 0.2) is 9.84 Å². The number of nitrogens with zero attached hydrogens (tertiary/aromatic N) is 1. The Morgan fingerprint density at radius 1 is 1.35 bits per heavy atom. The lowest BCUT2D eigenvalue weighted by molar-refractivity contribution is 0.601. The van der Waals surface area contributed by atoms with Gasteiger partial charge in [0.2, 0.25) is 0 Å². The van der Waals surface area contributed by atoms with Crippen LogP contribution in [0, 0.1) is 16.6 Å². The van der Waals surface area contributed by atoms with Gasteiger partial charge in [-0.25, -0.2) is 8.42 Å². The van der Waals surface area contributed by atoms with Gasteiger partial charge in [0.25, 0.3) is 0 Å². The highest BCUT2D eigenvalue weighted by Gasteiger charge is 2.08. The van der Waals surface area contributed by atoms with Crippen molar-refractivity contribution in [2.75, 3.05) is 12.0 Å².